The highest BCUT2D eigenvalue weighted by molar-refractivity contribution is 7.92. The number of rotatable bonds is 8. The third kappa shape index (κ3) is 5.41. The molecule has 0 aromatic heterocycles. The van der Waals surface area contributed by atoms with E-state index in [2.05, 4.69) is 0 Å². The molecule has 158 valence electrons. The molecule has 3 rings (SSSR count). The number of carbonyl (C=O) groups is 1. The smallest absolute Gasteiger partial charge is 0.338 e. The maximum atomic E-state index is 12.8. The van der Waals surface area contributed by atoms with Gasteiger partial charge in [-0.05, 0) is 60.7 Å². The molecule has 31 heavy (non-hydrogen) atoms. The van der Waals surface area contributed by atoms with Gasteiger partial charge in [0.1, 0.15) is 19.0 Å². The van der Waals surface area contributed by atoms with Crippen molar-refractivity contribution >= 4 is 21.7 Å². The van der Waals surface area contributed by atoms with Gasteiger partial charge in [0, 0.05) is 7.05 Å². The van der Waals surface area contributed by atoms with Crippen molar-refractivity contribution in [2.45, 2.75) is 4.90 Å². The molecule has 0 aliphatic heterocycles. The Hall–Kier alpha value is -3.83. The average molecular weight is 436 g/mol. The van der Waals surface area contributed by atoms with Gasteiger partial charge in [0.15, 0.2) is 0 Å². The Morgan fingerprint density at radius 1 is 0.935 bits per heavy atom. The average Bonchev–Trinajstić information content (AvgIpc) is 2.82. The van der Waals surface area contributed by atoms with E-state index in [1.54, 1.807) is 54.6 Å². The van der Waals surface area contributed by atoms with Crippen molar-refractivity contribution in [1.82, 2.24) is 0 Å². The topological polar surface area (TPSA) is 96.7 Å². The fraction of sp³-hybridized carbons (Fsp3) is 0.130. The number of anilines is 1. The number of nitriles is 1. The molecule has 0 atom stereocenters. The van der Waals surface area contributed by atoms with Crippen LogP contribution in [0, 0.1) is 11.3 Å². The molecule has 0 heterocycles. The monoisotopic (exact) mass is 436 g/mol. The molecule has 3 aromatic rings. The minimum Gasteiger partial charge on any atom is -0.490 e. The summed E-state index contributed by atoms with van der Waals surface area (Å²) in [5, 5.41) is 8.77. The standard InChI is InChI=1S/C23H20N2O5S/c1-25(20-5-3-2-4-6-20)31(27,28)22-13-9-19(10-14-22)23(26)30-16-15-29-21-11-7-18(17-24)8-12-21/h2-14H,15-16H2,1H3. The third-order valence-electron chi connectivity index (χ3n) is 4.44. The van der Waals surface area contributed by atoms with E-state index in [4.69, 9.17) is 14.7 Å². The summed E-state index contributed by atoms with van der Waals surface area (Å²) in [6, 6.07) is 22.9. The maximum absolute atomic E-state index is 12.8. The lowest BCUT2D eigenvalue weighted by atomic mass is 10.2. The first kappa shape index (κ1) is 21.9. The lowest BCUT2D eigenvalue weighted by molar-refractivity contribution is 0.0450. The van der Waals surface area contributed by atoms with Crippen LogP contribution in [0.1, 0.15) is 15.9 Å². The summed E-state index contributed by atoms with van der Waals surface area (Å²) in [6.07, 6.45) is 0. The second kappa shape index (κ2) is 9.78. The van der Waals surface area contributed by atoms with E-state index in [1.807, 2.05) is 6.07 Å². The van der Waals surface area contributed by atoms with Crippen LogP contribution in [0.5, 0.6) is 5.75 Å². The molecule has 0 unspecified atom stereocenters. The molecule has 0 spiro atoms. The second-order valence-electron chi connectivity index (χ2n) is 6.45. The minimum absolute atomic E-state index is 0.0234. The van der Waals surface area contributed by atoms with Crippen molar-refractivity contribution in [1.29, 1.82) is 5.26 Å². The van der Waals surface area contributed by atoms with Crippen molar-refractivity contribution in [3.05, 3.63) is 90.0 Å². The zero-order valence-electron chi connectivity index (χ0n) is 16.8. The van der Waals surface area contributed by atoms with Crippen LogP contribution in [0.3, 0.4) is 0 Å². The molecular formula is C23H20N2O5S. The number of benzene rings is 3. The van der Waals surface area contributed by atoms with Crippen LogP contribution in [0.2, 0.25) is 0 Å². The van der Waals surface area contributed by atoms with Crippen molar-refractivity contribution in [2.75, 3.05) is 24.6 Å². The van der Waals surface area contributed by atoms with Gasteiger partial charge in [0.25, 0.3) is 10.0 Å². The van der Waals surface area contributed by atoms with Crippen LogP contribution in [-0.4, -0.2) is 34.6 Å². The third-order valence-corrected chi connectivity index (χ3v) is 6.24. The summed E-state index contributed by atoms with van der Waals surface area (Å²) in [7, 11) is -2.28. The van der Waals surface area contributed by atoms with Crippen LogP contribution < -0.4 is 9.04 Å². The molecule has 0 aliphatic carbocycles. The highest BCUT2D eigenvalue weighted by Crippen LogP contribution is 2.22. The quantitative estimate of drug-likeness (QED) is 0.395. The van der Waals surface area contributed by atoms with E-state index in [1.165, 1.54) is 35.6 Å². The number of nitrogens with zero attached hydrogens (tertiary/aromatic N) is 2. The Labute approximate surface area is 181 Å². The van der Waals surface area contributed by atoms with E-state index in [0.29, 0.717) is 17.0 Å². The lowest BCUT2D eigenvalue weighted by Gasteiger charge is -2.19. The van der Waals surface area contributed by atoms with Crippen molar-refractivity contribution in [3.8, 4) is 11.8 Å². The fourth-order valence-corrected chi connectivity index (χ4v) is 3.90. The predicted octanol–water partition coefficient (Wildman–Crippen LogP) is 3.62. The maximum Gasteiger partial charge on any atom is 0.338 e. The summed E-state index contributed by atoms with van der Waals surface area (Å²) < 4.78 is 37.3. The van der Waals surface area contributed by atoms with Crippen LogP contribution in [0.15, 0.2) is 83.8 Å². The first-order valence-corrected chi connectivity index (χ1v) is 10.8. The molecule has 0 aliphatic rings. The summed E-state index contributed by atoms with van der Waals surface area (Å²) in [4.78, 5) is 12.3. The Kier molecular flexibility index (Phi) is 6.90. The highest BCUT2D eigenvalue weighted by Gasteiger charge is 2.21. The van der Waals surface area contributed by atoms with Crippen LogP contribution >= 0.6 is 0 Å². The van der Waals surface area contributed by atoms with Crippen LogP contribution in [0.25, 0.3) is 0 Å². The lowest BCUT2D eigenvalue weighted by Crippen LogP contribution is -2.26. The number of ether oxygens (including phenoxy) is 2. The van der Waals surface area contributed by atoms with Gasteiger partial charge >= 0.3 is 5.97 Å². The van der Waals surface area contributed by atoms with Gasteiger partial charge < -0.3 is 9.47 Å². The number of sulfonamides is 1. The number of hydrogen-bond acceptors (Lipinski definition) is 6. The van der Waals surface area contributed by atoms with Crippen molar-refractivity contribution in [3.63, 3.8) is 0 Å². The number of esters is 1. The summed E-state index contributed by atoms with van der Waals surface area (Å²) in [5.74, 6) is -0.0177. The van der Waals surface area contributed by atoms with Crippen molar-refractivity contribution < 1.29 is 22.7 Å². The molecule has 0 radical (unpaired) electrons. The molecule has 0 N–H and O–H groups in total. The molecule has 0 fully saturated rings. The molecule has 0 saturated carbocycles. The van der Waals surface area contributed by atoms with E-state index in [9.17, 15) is 13.2 Å². The number of hydrogen-bond donors (Lipinski definition) is 0. The molecule has 0 bridgehead atoms. The summed E-state index contributed by atoms with van der Waals surface area (Å²) >= 11 is 0. The summed E-state index contributed by atoms with van der Waals surface area (Å²) in [6.45, 7) is 0.168. The predicted molar refractivity (Wildman–Crippen MR) is 115 cm³/mol. The second-order valence-corrected chi connectivity index (χ2v) is 8.42. The highest BCUT2D eigenvalue weighted by atomic mass is 32.2. The minimum atomic E-state index is -3.75. The zero-order valence-corrected chi connectivity index (χ0v) is 17.6. The molecule has 0 amide bonds. The van der Waals surface area contributed by atoms with E-state index < -0.39 is 16.0 Å². The van der Waals surface area contributed by atoms with Gasteiger partial charge in [0.05, 0.1) is 27.8 Å². The summed E-state index contributed by atoms with van der Waals surface area (Å²) in [5.41, 5.74) is 1.30. The molecule has 0 saturated heterocycles. The SMILES string of the molecule is CN(c1ccccc1)S(=O)(=O)c1ccc(C(=O)OCCOc2ccc(C#N)cc2)cc1. The van der Waals surface area contributed by atoms with E-state index in [-0.39, 0.29) is 23.7 Å². The normalized spacial score (nSPS) is 10.7. The van der Waals surface area contributed by atoms with E-state index in [0.717, 1.165) is 0 Å². The largest absolute Gasteiger partial charge is 0.490 e. The fourth-order valence-electron chi connectivity index (χ4n) is 2.70. The first-order chi connectivity index (χ1) is 14.9. The van der Waals surface area contributed by atoms with Gasteiger partial charge in [-0.1, -0.05) is 18.2 Å². The Morgan fingerprint density at radius 3 is 2.19 bits per heavy atom. The molecule has 7 nitrogen and oxygen atoms in total. The Bertz CT molecular complexity index is 1170. The van der Waals surface area contributed by atoms with Gasteiger partial charge in [-0.2, -0.15) is 5.26 Å². The Balaban J connectivity index is 1.55. The number of para-hydroxylation sites is 1. The molecule has 8 heteroatoms. The van der Waals surface area contributed by atoms with Crippen molar-refractivity contribution in [2.24, 2.45) is 0 Å². The van der Waals surface area contributed by atoms with Crippen LogP contribution in [0.4, 0.5) is 5.69 Å². The Morgan fingerprint density at radius 2 is 1.58 bits per heavy atom. The van der Waals surface area contributed by atoms with Gasteiger partial charge in [0.2, 0.25) is 0 Å². The van der Waals surface area contributed by atoms with Gasteiger partial charge in [-0.25, -0.2) is 13.2 Å². The van der Waals surface area contributed by atoms with Crippen LogP contribution in [-0.2, 0) is 14.8 Å². The zero-order chi connectivity index (χ0) is 22.3. The van der Waals surface area contributed by atoms with E-state index >= 15 is 0 Å². The number of carbonyl (C=O) groups excluding carboxylic acids is 1. The first-order valence-electron chi connectivity index (χ1n) is 9.36. The van der Waals surface area contributed by atoms with Gasteiger partial charge in [-0.15, -0.1) is 0 Å². The molecular weight excluding hydrogens is 416 g/mol. The van der Waals surface area contributed by atoms with Gasteiger partial charge in [-0.3, -0.25) is 4.31 Å². The molecule has 3 aromatic carbocycles.